The van der Waals surface area contributed by atoms with Gasteiger partial charge in [-0.1, -0.05) is 20.8 Å². The number of aliphatic carboxylic acids is 1. The van der Waals surface area contributed by atoms with Gasteiger partial charge in [0.15, 0.2) is 9.84 Å². The zero-order valence-electron chi connectivity index (χ0n) is 7.49. The molecule has 0 rings (SSSR count). The SMILES string of the molecule is CC(C)(C)CS(=O)(=O)CC(=O)O. The average Bonchev–Trinajstić information content (AvgIpc) is 1.48. The van der Waals surface area contributed by atoms with E-state index < -0.39 is 21.6 Å². The van der Waals surface area contributed by atoms with Gasteiger partial charge in [-0.15, -0.1) is 0 Å². The Morgan fingerprint density at radius 1 is 1.33 bits per heavy atom. The van der Waals surface area contributed by atoms with Crippen molar-refractivity contribution in [2.75, 3.05) is 11.5 Å². The van der Waals surface area contributed by atoms with Crippen molar-refractivity contribution >= 4 is 15.8 Å². The summed E-state index contributed by atoms with van der Waals surface area (Å²) in [4.78, 5) is 10.1. The summed E-state index contributed by atoms with van der Waals surface area (Å²) in [5.74, 6) is -2.16. The van der Waals surface area contributed by atoms with Crippen LogP contribution < -0.4 is 0 Å². The van der Waals surface area contributed by atoms with Crippen molar-refractivity contribution in [1.82, 2.24) is 0 Å². The van der Waals surface area contributed by atoms with Gasteiger partial charge in [0.05, 0.1) is 5.75 Å². The third-order valence-corrected chi connectivity index (χ3v) is 2.99. The summed E-state index contributed by atoms with van der Waals surface area (Å²) in [6.07, 6.45) is 0. The first kappa shape index (κ1) is 11.4. The van der Waals surface area contributed by atoms with Crippen molar-refractivity contribution in [2.24, 2.45) is 5.41 Å². The van der Waals surface area contributed by atoms with E-state index in [1.807, 2.05) is 0 Å². The van der Waals surface area contributed by atoms with Crippen LogP contribution in [0.1, 0.15) is 20.8 Å². The van der Waals surface area contributed by atoms with Gasteiger partial charge in [-0.05, 0) is 5.41 Å². The molecule has 5 heteroatoms. The summed E-state index contributed by atoms with van der Waals surface area (Å²) in [7, 11) is -3.44. The average molecular weight is 194 g/mol. The van der Waals surface area contributed by atoms with Crippen molar-refractivity contribution in [3.05, 3.63) is 0 Å². The predicted octanol–water partition coefficient (Wildman–Crippen LogP) is 0.532. The quantitative estimate of drug-likeness (QED) is 0.711. The summed E-state index contributed by atoms with van der Waals surface area (Å²) < 4.78 is 22.2. The Bertz CT molecular complexity index is 258. The van der Waals surface area contributed by atoms with Crippen molar-refractivity contribution in [3.63, 3.8) is 0 Å². The predicted molar refractivity (Wildman–Crippen MR) is 45.7 cm³/mol. The molecule has 0 heterocycles. The first-order valence-corrected chi connectivity index (χ1v) is 5.37. The van der Waals surface area contributed by atoms with Gasteiger partial charge in [0.2, 0.25) is 0 Å². The van der Waals surface area contributed by atoms with Crippen LogP contribution in [0.15, 0.2) is 0 Å². The highest BCUT2D eigenvalue weighted by Crippen LogP contribution is 2.16. The van der Waals surface area contributed by atoms with Gasteiger partial charge in [0.1, 0.15) is 5.75 Å². The van der Waals surface area contributed by atoms with Gasteiger partial charge in [0, 0.05) is 0 Å². The Hall–Kier alpha value is -0.580. The second-order valence-corrected chi connectivity index (χ2v) is 6.05. The molecule has 0 atom stereocenters. The smallest absolute Gasteiger partial charge is 0.318 e. The molecule has 0 amide bonds. The minimum absolute atomic E-state index is 0.0910. The zero-order valence-corrected chi connectivity index (χ0v) is 8.31. The van der Waals surface area contributed by atoms with E-state index in [2.05, 4.69) is 0 Å². The topological polar surface area (TPSA) is 71.4 Å². The fourth-order valence-electron chi connectivity index (χ4n) is 0.899. The van der Waals surface area contributed by atoms with E-state index in [0.29, 0.717) is 0 Å². The van der Waals surface area contributed by atoms with Crippen molar-refractivity contribution in [3.8, 4) is 0 Å². The number of hydrogen-bond donors (Lipinski definition) is 1. The van der Waals surface area contributed by atoms with Gasteiger partial charge in [-0.3, -0.25) is 4.79 Å². The summed E-state index contributed by atoms with van der Waals surface area (Å²) in [6.45, 7) is 5.27. The fraction of sp³-hybridized carbons (Fsp3) is 0.857. The van der Waals surface area contributed by atoms with Gasteiger partial charge < -0.3 is 5.11 Å². The van der Waals surface area contributed by atoms with Gasteiger partial charge in [-0.25, -0.2) is 8.42 Å². The van der Waals surface area contributed by atoms with E-state index in [4.69, 9.17) is 5.11 Å². The summed E-state index contributed by atoms with van der Waals surface area (Å²) in [5.41, 5.74) is -0.381. The number of carboxylic acids is 1. The second-order valence-electron chi connectivity index (χ2n) is 3.99. The fourth-order valence-corrected chi connectivity index (χ4v) is 2.70. The molecule has 0 radical (unpaired) electrons. The Balaban J connectivity index is 4.36. The molecular weight excluding hydrogens is 180 g/mol. The summed E-state index contributed by atoms with van der Waals surface area (Å²) in [6, 6.07) is 0. The highest BCUT2D eigenvalue weighted by Gasteiger charge is 2.23. The summed E-state index contributed by atoms with van der Waals surface area (Å²) in [5, 5.41) is 8.27. The van der Waals surface area contributed by atoms with E-state index >= 15 is 0 Å². The highest BCUT2D eigenvalue weighted by molar-refractivity contribution is 7.92. The van der Waals surface area contributed by atoms with Crippen LogP contribution in [-0.2, 0) is 14.6 Å². The maximum atomic E-state index is 11.1. The van der Waals surface area contributed by atoms with Crippen molar-refractivity contribution in [2.45, 2.75) is 20.8 Å². The maximum absolute atomic E-state index is 11.1. The summed E-state index contributed by atoms with van der Waals surface area (Å²) >= 11 is 0. The Labute approximate surface area is 72.5 Å². The van der Waals surface area contributed by atoms with Crippen molar-refractivity contribution in [1.29, 1.82) is 0 Å². The molecule has 0 aromatic rings. The number of carboxylic acid groups (broad SMARTS) is 1. The standard InChI is InChI=1S/C7H14O4S/c1-7(2,3)5-12(10,11)4-6(8)9/h4-5H2,1-3H3,(H,8,9). The first-order chi connectivity index (χ1) is 5.12. The molecule has 0 saturated carbocycles. The number of carbonyl (C=O) groups is 1. The molecule has 12 heavy (non-hydrogen) atoms. The lowest BCUT2D eigenvalue weighted by molar-refractivity contribution is -0.134. The van der Waals surface area contributed by atoms with Gasteiger partial charge in [0.25, 0.3) is 0 Å². The Morgan fingerprint density at radius 3 is 2.00 bits per heavy atom. The van der Waals surface area contributed by atoms with Crippen molar-refractivity contribution < 1.29 is 18.3 Å². The van der Waals surface area contributed by atoms with E-state index in [1.165, 1.54) is 0 Å². The molecule has 0 saturated heterocycles. The lowest BCUT2D eigenvalue weighted by Crippen LogP contribution is -2.26. The number of hydrogen-bond acceptors (Lipinski definition) is 3. The molecule has 1 N–H and O–H groups in total. The van der Waals surface area contributed by atoms with E-state index in [-0.39, 0.29) is 11.2 Å². The molecule has 4 nitrogen and oxygen atoms in total. The third kappa shape index (κ3) is 6.15. The van der Waals surface area contributed by atoms with Crippen LogP contribution in [0.4, 0.5) is 0 Å². The lowest BCUT2D eigenvalue weighted by Gasteiger charge is -2.16. The highest BCUT2D eigenvalue weighted by atomic mass is 32.2. The molecule has 0 aliphatic carbocycles. The van der Waals surface area contributed by atoms with E-state index in [0.717, 1.165) is 0 Å². The second kappa shape index (κ2) is 3.43. The largest absolute Gasteiger partial charge is 0.480 e. The minimum Gasteiger partial charge on any atom is -0.480 e. The molecule has 0 aromatic heterocycles. The molecular formula is C7H14O4S. The molecule has 0 aliphatic rings. The molecule has 0 aliphatic heterocycles. The Morgan fingerprint density at radius 2 is 1.75 bits per heavy atom. The maximum Gasteiger partial charge on any atom is 0.318 e. The molecule has 0 bridgehead atoms. The van der Waals surface area contributed by atoms with Crippen LogP contribution in [0.25, 0.3) is 0 Å². The van der Waals surface area contributed by atoms with Crippen LogP contribution in [0, 0.1) is 5.41 Å². The van der Waals surface area contributed by atoms with Crippen LogP contribution in [-0.4, -0.2) is 31.0 Å². The normalized spacial score (nSPS) is 12.9. The third-order valence-electron chi connectivity index (χ3n) is 0.996. The zero-order chi connectivity index (χ0) is 9.99. The molecule has 0 unspecified atom stereocenters. The minimum atomic E-state index is -3.44. The van der Waals surface area contributed by atoms with Crippen LogP contribution in [0.3, 0.4) is 0 Å². The Kier molecular flexibility index (Phi) is 3.26. The van der Waals surface area contributed by atoms with Crippen LogP contribution in [0.5, 0.6) is 0 Å². The molecule has 72 valence electrons. The molecule has 0 aromatic carbocycles. The van der Waals surface area contributed by atoms with Gasteiger partial charge in [-0.2, -0.15) is 0 Å². The van der Waals surface area contributed by atoms with Crippen LogP contribution in [0.2, 0.25) is 0 Å². The molecule has 0 fully saturated rings. The first-order valence-electron chi connectivity index (χ1n) is 3.55. The van der Waals surface area contributed by atoms with E-state index in [9.17, 15) is 13.2 Å². The number of rotatable bonds is 3. The van der Waals surface area contributed by atoms with Gasteiger partial charge >= 0.3 is 5.97 Å². The number of sulfone groups is 1. The van der Waals surface area contributed by atoms with Crippen LogP contribution >= 0.6 is 0 Å². The van der Waals surface area contributed by atoms with E-state index in [1.54, 1.807) is 20.8 Å². The lowest BCUT2D eigenvalue weighted by atomic mass is 10.0. The molecule has 0 spiro atoms. The monoisotopic (exact) mass is 194 g/mol.